The standard InChI is InChI=1S/C25H28F2N3O4/c1-14(2)11-28-9-8-15(3)30-21(28)13-29-12-18(23(32)24(33)22(29)25(30)34)20(31)7-5-16-4-6-17(26)10-19(16)27/h4,6,8,10,12,14-15,21,33H,5,7,9,11,13H2,1-3H3/q-1/t15-,21-/m0/s1. The number of carbonyl (C=O) groups is 2. The monoisotopic (exact) mass is 472 g/mol. The third-order valence-corrected chi connectivity index (χ3v) is 6.45. The van der Waals surface area contributed by atoms with Gasteiger partial charge in [-0.3, -0.25) is 20.8 Å². The third-order valence-electron chi connectivity index (χ3n) is 6.45. The lowest BCUT2D eigenvalue weighted by Crippen LogP contribution is -2.64. The highest BCUT2D eigenvalue weighted by Crippen LogP contribution is 2.31. The van der Waals surface area contributed by atoms with Crippen LogP contribution in [0.15, 0.2) is 29.2 Å². The SMILES string of the molecule is CC(C)CN1C[CH-][C@H](C)N2C(=O)c3c(O)c(=O)c(C(=O)CCc4ccc(F)cc4F)cn3C[C@@H]12. The maximum Gasteiger partial charge on any atom is 0.273 e. The normalized spacial score (nSPS) is 20.4. The number of halogens is 2. The quantitative estimate of drug-likeness (QED) is 0.516. The molecule has 0 bridgehead atoms. The Kier molecular flexibility index (Phi) is 6.58. The van der Waals surface area contributed by atoms with Crippen molar-refractivity contribution in [3.8, 4) is 5.75 Å². The Labute approximate surface area is 196 Å². The van der Waals surface area contributed by atoms with Crippen LogP contribution in [0.25, 0.3) is 0 Å². The van der Waals surface area contributed by atoms with Crippen molar-refractivity contribution in [2.45, 2.75) is 52.4 Å². The second-order valence-electron chi connectivity index (χ2n) is 9.40. The van der Waals surface area contributed by atoms with Gasteiger partial charge in [0.2, 0.25) is 5.43 Å². The fourth-order valence-corrected chi connectivity index (χ4v) is 4.78. The van der Waals surface area contributed by atoms with Crippen LogP contribution < -0.4 is 5.43 Å². The number of aromatic nitrogens is 1. The summed E-state index contributed by atoms with van der Waals surface area (Å²) in [5, 5.41) is 10.6. The van der Waals surface area contributed by atoms with Gasteiger partial charge in [-0.1, -0.05) is 32.9 Å². The number of pyridine rings is 1. The first-order chi connectivity index (χ1) is 16.1. The lowest BCUT2D eigenvalue weighted by Gasteiger charge is -2.55. The first-order valence-electron chi connectivity index (χ1n) is 11.4. The fraction of sp³-hybridized carbons (Fsp3) is 0.440. The van der Waals surface area contributed by atoms with Gasteiger partial charge in [-0.25, -0.2) is 8.78 Å². The molecule has 2 atom stereocenters. The zero-order valence-corrected chi connectivity index (χ0v) is 19.4. The number of benzene rings is 1. The molecule has 1 fully saturated rings. The summed E-state index contributed by atoms with van der Waals surface area (Å²) in [6.07, 6.45) is 2.84. The molecular weight excluding hydrogens is 444 g/mol. The lowest BCUT2D eigenvalue weighted by molar-refractivity contribution is -0.0186. The Hall–Kier alpha value is -3.07. The molecule has 1 aromatic carbocycles. The Balaban J connectivity index is 1.65. The summed E-state index contributed by atoms with van der Waals surface area (Å²) in [4.78, 5) is 42.8. The molecule has 182 valence electrons. The smallest absolute Gasteiger partial charge is 0.273 e. The van der Waals surface area contributed by atoms with Crippen LogP contribution in [0.4, 0.5) is 8.78 Å². The zero-order chi connectivity index (χ0) is 24.7. The van der Waals surface area contributed by atoms with E-state index in [1.165, 1.54) is 16.8 Å². The third kappa shape index (κ3) is 4.36. The van der Waals surface area contributed by atoms with Gasteiger partial charge in [0, 0.05) is 18.7 Å². The number of hydrogen-bond acceptors (Lipinski definition) is 5. The van der Waals surface area contributed by atoms with Crippen molar-refractivity contribution >= 4 is 11.7 Å². The van der Waals surface area contributed by atoms with Gasteiger partial charge in [0.15, 0.2) is 17.2 Å². The molecule has 4 rings (SSSR count). The van der Waals surface area contributed by atoms with Crippen LogP contribution in [0.3, 0.4) is 0 Å². The van der Waals surface area contributed by atoms with E-state index in [0.29, 0.717) is 19.0 Å². The zero-order valence-electron chi connectivity index (χ0n) is 19.4. The van der Waals surface area contributed by atoms with E-state index in [1.807, 2.05) is 13.3 Å². The second kappa shape index (κ2) is 9.29. The summed E-state index contributed by atoms with van der Waals surface area (Å²) in [6.45, 7) is 7.83. The minimum absolute atomic E-state index is 0.0300. The van der Waals surface area contributed by atoms with Crippen molar-refractivity contribution in [1.29, 1.82) is 0 Å². The Morgan fingerprint density at radius 2 is 2.00 bits per heavy atom. The molecular formula is C25H28F2N3O4-. The molecule has 1 N–H and O–H groups in total. The van der Waals surface area contributed by atoms with Gasteiger partial charge in [0.1, 0.15) is 11.6 Å². The van der Waals surface area contributed by atoms with E-state index in [-0.39, 0.29) is 41.9 Å². The number of aryl methyl sites for hydroxylation is 1. The highest BCUT2D eigenvalue weighted by Gasteiger charge is 2.40. The molecule has 2 aromatic rings. The molecule has 7 nitrogen and oxygen atoms in total. The van der Waals surface area contributed by atoms with Crippen molar-refractivity contribution in [1.82, 2.24) is 14.4 Å². The topological polar surface area (TPSA) is 82.8 Å². The second-order valence-corrected chi connectivity index (χ2v) is 9.40. The number of carbonyl (C=O) groups excluding carboxylic acids is 2. The number of rotatable bonds is 6. The maximum atomic E-state index is 13.9. The molecule has 0 aliphatic carbocycles. The molecule has 1 aromatic heterocycles. The van der Waals surface area contributed by atoms with Gasteiger partial charge < -0.3 is 19.5 Å². The molecule has 1 saturated heterocycles. The molecule has 1 amide bonds. The lowest BCUT2D eigenvalue weighted by atomic mass is 9.99. The van der Waals surface area contributed by atoms with E-state index in [4.69, 9.17) is 0 Å². The predicted octanol–water partition coefficient (Wildman–Crippen LogP) is 2.99. The van der Waals surface area contributed by atoms with Crippen LogP contribution in [0, 0.1) is 24.0 Å². The molecule has 0 saturated carbocycles. The van der Waals surface area contributed by atoms with Crippen LogP contribution in [-0.2, 0) is 13.0 Å². The van der Waals surface area contributed by atoms with E-state index in [9.17, 15) is 28.3 Å². The van der Waals surface area contributed by atoms with Gasteiger partial charge in [0.05, 0.1) is 18.3 Å². The van der Waals surface area contributed by atoms with Crippen molar-refractivity contribution in [3.05, 3.63) is 69.5 Å². The van der Waals surface area contributed by atoms with Gasteiger partial charge >= 0.3 is 0 Å². The van der Waals surface area contributed by atoms with Crippen LogP contribution in [-0.4, -0.2) is 56.5 Å². The van der Waals surface area contributed by atoms with Crippen molar-refractivity contribution < 1.29 is 23.5 Å². The van der Waals surface area contributed by atoms with E-state index >= 15 is 0 Å². The average Bonchev–Trinajstić information content (AvgIpc) is 2.76. The average molecular weight is 473 g/mol. The number of fused-ring (bicyclic) bond motifs is 2. The summed E-state index contributed by atoms with van der Waals surface area (Å²) in [5.41, 5.74) is -1.15. The summed E-state index contributed by atoms with van der Waals surface area (Å²) in [5.74, 6) is -2.92. The molecule has 3 heterocycles. The number of nitrogens with zero attached hydrogens (tertiary/aromatic N) is 3. The van der Waals surface area contributed by atoms with Crippen LogP contribution in [0.1, 0.15) is 53.6 Å². The number of ketones is 1. The molecule has 0 unspecified atom stereocenters. The van der Waals surface area contributed by atoms with Crippen molar-refractivity contribution in [3.63, 3.8) is 0 Å². The Morgan fingerprint density at radius 1 is 1.26 bits per heavy atom. The Bertz CT molecular complexity index is 1190. The molecule has 9 heteroatoms. The van der Waals surface area contributed by atoms with E-state index < -0.39 is 34.5 Å². The van der Waals surface area contributed by atoms with Gasteiger partial charge in [-0.15, -0.1) is 6.54 Å². The highest BCUT2D eigenvalue weighted by molar-refractivity contribution is 6.00. The summed E-state index contributed by atoms with van der Waals surface area (Å²) < 4.78 is 28.5. The number of Topliss-reactive ketones (excluding diaryl/α,β-unsaturated/α-hetero) is 1. The molecule has 34 heavy (non-hydrogen) atoms. The largest absolute Gasteiger partial charge is 0.503 e. The minimum atomic E-state index is -0.921. The Morgan fingerprint density at radius 3 is 2.68 bits per heavy atom. The minimum Gasteiger partial charge on any atom is -0.503 e. The summed E-state index contributed by atoms with van der Waals surface area (Å²) in [6, 6.07) is 2.93. The van der Waals surface area contributed by atoms with Gasteiger partial charge in [0.25, 0.3) is 5.91 Å². The van der Waals surface area contributed by atoms with E-state index in [0.717, 1.165) is 18.7 Å². The first-order valence-corrected chi connectivity index (χ1v) is 11.4. The predicted molar refractivity (Wildman–Crippen MR) is 122 cm³/mol. The molecule has 2 aliphatic heterocycles. The van der Waals surface area contributed by atoms with E-state index in [1.54, 1.807) is 4.90 Å². The number of aromatic hydroxyl groups is 1. The molecule has 0 radical (unpaired) electrons. The molecule has 2 aliphatic rings. The van der Waals surface area contributed by atoms with Crippen LogP contribution in [0.5, 0.6) is 5.75 Å². The van der Waals surface area contributed by atoms with Crippen LogP contribution in [0.2, 0.25) is 0 Å². The maximum absolute atomic E-state index is 13.9. The fourth-order valence-electron chi connectivity index (χ4n) is 4.78. The van der Waals surface area contributed by atoms with Crippen LogP contribution >= 0.6 is 0 Å². The highest BCUT2D eigenvalue weighted by atomic mass is 19.1. The van der Waals surface area contributed by atoms with Crippen molar-refractivity contribution in [2.24, 2.45) is 5.92 Å². The van der Waals surface area contributed by atoms with Crippen molar-refractivity contribution in [2.75, 3.05) is 13.1 Å². The summed E-state index contributed by atoms with van der Waals surface area (Å²) >= 11 is 0. The number of amides is 1. The van der Waals surface area contributed by atoms with Gasteiger partial charge in [-0.2, -0.15) is 0 Å². The first kappa shape index (κ1) is 24.1. The van der Waals surface area contributed by atoms with E-state index in [2.05, 4.69) is 18.7 Å². The molecule has 0 spiro atoms. The van der Waals surface area contributed by atoms with Gasteiger partial charge in [-0.05, 0) is 30.5 Å². The summed E-state index contributed by atoms with van der Waals surface area (Å²) in [7, 11) is 0. The number of hydrogen-bond donors (Lipinski definition) is 1.